The number of nitrogens with zero attached hydrogens (tertiary/aromatic N) is 1. The molecule has 2 atom stereocenters. The molecule has 0 radical (unpaired) electrons. The van der Waals surface area contributed by atoms with E-state index in [-0.39, 0.29) is 6.10 Å². The molecule has 1 aliphatic rings. The fourth-order valence-corrected chi connectivity index (χ4v) is 3.05. The zero-order valence-corrected chi connectivity index (χ0v) is 12.3. The Bertz CT molecular complexity index is 470. The molecule has 0 spiro atoms. The monoisotopic (exact) mass is 276 g/mol. The van der Waals surface area contributed by atoms with Crippen molar-refractivity contribution in [2.45, 2.75) is 31.3 Å². The minimum absolute atomic E-state index is 0.155. The Morgan fingerprint density at radius 2 is 2.37 bits per heavy atom. The molecule has 1 fully saturated rings. The van der Waals surface area contributed by atoms with E-state index in [1.165, 1.54) is 0 Å². The molecule has 0 bridgehead atoms. The van der Waals surface area contributed by atoms with Crippen molar-refractivity contribution in [1.82, 2.24) is 5.32 Å². The van der Waals surface area contributed by atoms with E-state index in [2.05, 4.69) is 25.2 Å². The molecule has 1 aliphatic heterocycles. The molecule has 1 saturated heterocycles. The third-order valence-electron chi connectivity index (χ3n) is 3.43. The maximum absolute atomic E-state index is 9.36. The fourth-order valence-electron chi connectivity index (χ4n) is 2.28. The van der Waals surface area contributed by atoms with Crippen LogP contribution >= 0.6 is 11.8 Å². The Morgan fingerprint density at radius 3 is 3.05 bits per heavy atom. The van der Waals surface area contributed by atoms with Crippen molar-refractivity contribution >= 4 is 11.8 Å². The summed E-state index contributed by atoms with van der Waals surface area (Å²) < 4.78 is 6.08. The van der Waals surface area contributed by atoms with Gasteiger partial charge >= 0.3 is 0 Å². The zero-order chi connectivity index (χ0) is 13.7. The molecule has 0 aromatic heterocycles. The number of piperidine rings is 1. The molecular weight excluding hydrogens is 256 g/mol. The number of ether oxygens (including phenoxy) is 1. The lowest BCUT2D eigenvalue weighted by molar-refractivity contribution is 0.114. The highest BCUT2D eigenvalue weighted by Gasteiger charge is 2.24. The average Bonchev–Trinajstić information content (AvgIpc) is 2.42. The van der Waals surface area contributed by atoms with E-state index in [0.29, 0.717) is 11.5 Å². The van der Waals surface area contributed by atoms with Gasteiger partial charge in [-0.15, -0.1) is 11.8 Å². The molecular formula is C15H20N2OS. The van der Waals surface area contributed by atoms with Gasteiger partial charge in [0.05, 0.1) is 0 Å². The first-order valence-corrected chi connectivity index (χ1v) is 7.78. The smallest absolute Gasteiger partial charge is 0.138 e. The van der Waals surface area contributed by atoms with E-state index in [1.54, 1.807) is 11.8 Å². The second-order valence-electron chi connectivity index (χ2n) is 4.80. The lowest BCUT2D eigenvalue weighted by atomic mass is 9.97. The highest BCUT2D eigenvalue weighted by Crippen LogP contribution is 2.31. The van der Waals surface area contributed by atoms with Crippen molar-refractivity contribution < 1.29 is 4.74 Å². The SMILES string of the molecule is CCSc1cccc(OC2CNCCC2C)c1C#N. The Balaban J connectivity index is 2.19. The van der Waals surface area contributed by atoms with Crippen LogP contribution in [0.4, 0.5) is 0 Å². The van der Waals surface area contributed by atoms with Crippen molar-refractivity contribution in [3.63, 3.8) is 0 Å². The summed E-state index contributed by atoms with van der Waals surface area (Å²) in [5, 5.41) is 12.7. The second kappa shape index (κ2) is 6.83. The Morgan fingerprint density at radius 1 is 1.53 bits per heavy atom. The van der Waals surface area contributed by atoms with E-state index in [0.717, 1.165) is 35.9 Å². The van der Waals surface area contributed by atoms with Gasteiger partial charge in [-0.3, -0.25) is 0 Å². The summed E-state index contributed by atoms with van der Waals surface area (Å²) in [7, 11) is 0. The van der Waals surface area contributed by atoms with Gasteiger partial charge in [0.1, 0.15) is 23.5 Å². The standard InChI is InChI=1S/C15H20N2OS/c1-3-19-15-6-4-5-13(12(15)9-16)18-14-10-17-8-7-11(14)2/h4-6,11,14,17H,3,7-8,10H2,1-2H3. The van der Waals surface area contributed by atoms with E-state index < -0.39 is 0 Å². The summed E-state index contributed by atoms with van der Waals surface area (Å²) in [6, 6.07) is 8.15. The largest absolute Gasteiger partial charge is 0.487 e. The molecule has 19 heavy (non-hydrogen) atoms. The normalized spacial score (nSPS) is 22.8. The van der Waals surface area contributed by atoms with E-state index in [1.807, 2.05) is 18.2 Å². The average molecular weight is 276 g/mol. The number of hydrogen-bond acceptors (Lipinski definition) is 4. The lowest BCUT2D eigenvalue weighted by Crippen LogP contribution is -2.42. The molecule has 0 saturated carbocycles. The Labute approximate surface area is 119 Å². The van der Waals surface area contributed by atoms with Crippen LogP contribution in [0.15, 0.2) is 23.1 Å². The third-order valence-corrected chi connectivity index (χ3v) is 4.37. The minimum Gasteiger partial charge on any atom is -0.487 e. The molecule has 1 heterocycles. The Kier molecular flexibility index (Phi) is 5.12. The van der Waals surface area contributed by atoms with Crippen LogP contribution in [-0.4, -0.2) is 24.9 Å². The summed E-state index contributed by atoms with van der Waals surface area (Å²) in [6.07, 6.45) is 1.28. The first kappa shape index (κ1) is 14.2. The maximum atomic E-state index is 9.36. The molecule has 102 valence electrons. The molecule has 0 amide bonds. The molecule has 4 heteroatoms. The highest BCUT2D eigenvalue weighted by atomic mass is 32.2. The van der Waals surface area contributed by atoms with Gasteiger partial charge in [0, 0.05) is 11.4 Å². The Hall–Kier alpha value is -1.18. The summed E-state index contributed by atoms with van der Waals surface area (Å²) >= 11 is 1.69. The van der Waals surface area contributed by atoms with Crippen LogP contribution in [0.2, 0.25) is 0 Å². The third kappa shape index (κ3) is 3.43. The lowest BCUT2D eigenvalue weighted by Gasteiger charge is -2.30. The highest BCUT2D eigenvalue weighted by molar-refractivity contribution is 7.99. The predicted molar refractivity (Wildman–Crippen MR) is 78.6 cm³/mol. The molecule has 2 unspecified atom stereocenters. The van der Waals surface area contributed by atoms with Crippen LogP contribution in [-0.2, 0) is 0 Å². The van der Waals surface area contributed by atoms with Crippen LogP contribution < -0.4 is 10.1 Å². The van der Waals surface area contributed by atoms with Gasteiger partial charge in [-0.2, -0.15) is 5.26 Å². The van der Waals surface area contributed by atoms with Crippen molar-refractivity contribution in [2.75, 3.05) is 18.8 Å². The first-order chi connectivity index (χ1) is 9.26. The maximum Gasteiger partial charge on any atom is 0.138 e. The summed E-state index contributed by atoms with van der Waals surface area (Å²) in [6.45, 7) is 6.21. The zero-order valence-electron chi connectivity index (χ0n) is 11.5. The van der Waals surface area contributed by atoms with E-state index in [4.69, 9.17) is 4.74 Å². The van der Waals surface area contributed by atoms with Gasteiger partial charge in [0.2, 0.25) is 0 Å². The fraction of sp³-hybridized carbons (Fsp3) is 0.533. The van der Waals surface area contributed by atoms with Gasteiger partial charge in [0.15, 0.2) is 0 Å². The second-order valence-corrected chi connectivity index (χ2v) is 6.11. The molecule has 1 aromatic carbocycles. The minimum atomic E-state index is 0.155. The topological polar surface area (TPSA) is 45.0 Å². The summed E-state index contributed by atoms with van der Waals surface area (Å²) in [5.41, 5.74) is 0.673. The number of benzene rings is 1. The van der Waals surface area contributed by atoms with Gasteiger partial charge in [0.25, 0.3) is 0 Å². The van der Waals surface area contributed by atoms with Crippen LogP contribution in [0.3, 0.4) is 0 Å². The van der Waals surface area contributed by atoms with E-state index in [9.17, 15) is 5.26 Å². The van der Waals surface area contributed by atoms with E-state index >= 15 is 0 Å². The number of nitrogens with one attached hydrogen (secondary N) is 1. The summed E-state index contributed by atoms with van der Waals surface area (Å²) in [5.74, 6) is 2.20. The van der Waals surface area contributed by atoms with Gasteiger partial charge in [-0.05, 0) is 36.8 Å². The molecule has 0 aliphatic carbocycles. The van der Waals surface area contributed by atoms with Crippen LogP contribution in [0.5, 0.6) is 5.75 Å². The molecule has 3 nitrogen and oxygen atoms in total. The van der Waals surface area contributed by atoms with Crippen LogP contribution in [0.1, 0.15) is 25.8 Å². The van der Waals surface area contributed by atoms with Gasteiger partial charge < -0.3 is 10.1 Å². The van der Waals surface area contributed by atoms with Crippen molar-refractivity contribution in [3.8, 4) is 11.8 Å². The summed E-state index contributed by atoms with van der Waals surface area (Å²) in [4.78, 5) is 1.01. The van der Waals surface area contributed by atoms with Crippen molar-refractivity contribution in [1.29, 1.82) is 5.26 Å². The predicted octanol–water partition coefficient (Wildman–Crippen LogP) is 3.05. The van der Waals surface area contributed by atoms with Gasteiger partial charge in [-0.25, -0.2) is 0 Å². The van der Waals surface area contributed by atoms with Crippen molar-refractivity contribution in [3.05, 3.63) is 23.8 Å². The molecule has 1 aromatic rings. The van der Waals surface area contributed by atoms with Crippen LogP contribution in [0.25, 0.3) is 0 Å². The van der Waals surface area contributed by atoms with Crippen LogP contribution in [0, 0.1) is 17.2 Å². The number of hydrogen-bond donors (Lipinski definition) is 1. The van der Waals surface area contributed by atoms with Gasteiger partial charge in [-0.1, -0.05) is 19.9 Å². The molecule has 2 rings (SSSR count). The number of rotatable bonds is 4. The number of nitriles is 1. The number of thioether (sulfide) groups is 1. The quantitative estimate of drug-likeness (QED) is 0.859. The first-order valence-electron chi connectivity index (χ1n) is 6.79. The molecule has 1 N–H and O–H groups in total. The van der Waals surface area contributed by atoms with Crippen molar-refractivity contribution in [2.24, 2.45) is 5.92 Å².